The van der Waals surface area contributed by atoms with E-state index in [0.29, 0.717) is 27.6 Å². The van der Waals surface area contributed by atoms with Crippen LogP contribution in [-0.2, 0) is 4.79 Å². The number of allylic oxidation sites excluding steroid dienone is 1. The number of ether oxygens (including phenoxy) is 1. The van der Waals surface area contributed by atoms with E-state index in [0.717, 1.165) is 5.56 Å². The van der Waals surface area contributed by atoms with E-state index in [1.54, 1.807) is 48.5 Å². The highest BCUT2D eigenvalue weighted by molar-refractivity contribution is 6.30. The summed E-state index contributed by atoms with van der Waals surface area (Å²) in [6.45, 7) is -0.231. The predicted molar refractivity (Wildman–Crippen MR) is 112 cm³/mol. The Morgan fingerprint density at radius 3 is 2.45 bits per heavy atom. The minimum absolute atomic E-state index is 0.231. The Morgan fingerprint density at radius 1 is 1.07 bits per heavy atom. The Hall–Kier alpha value is -3.62. The maximum atomic E-state index is 12.9. The molecule has 29 heavy (non-hydrogen) atoms. The van der Waals surface area contributed by atoms with Gasteiger partial charge in [0.25, 0.3) is 5.91 Å². The summed E-state index contributed by atoms with van der Waals surface area (Å²) in [5.41, 5.74) is 2.30. The summed E-state index contributed by atoms with van der Waals surface area (Å²) >= 11 is 5.90. The molecular formula is C23H16ClFN2O2. The molecule has 6 heteroatoms. The molecule has 0 saturated heterocycles. The van der Waals surface area contributed by atoms with Crippen molar-refractivity contribution in [2.45, 2.75) is 0 Å². The van der Waals surface area contributed by atoms with Crippen LogP contribution in [0.1, 0.15) is 11.1 Å². The minimum atomic E-state index is -0.381. The molecule has 4 nitrogen and oxygen atoms in total. The van der Waals surface area contributed by atoms with Crippen LogP contribution in [0.2, 0.25) is 5.02 Å². The number of nitrogens with zero attached hydrogens (tertiary/aromatic N) is 1. The third-order valence-electron chi connectivity index (χ3n) is 3.98. The molecule has 3 rings (SSSR count). The summed E-state index contributed by atoms with van der Waals surface area (Å²) in [6.07, 6.45) is 1.69. The fourth-order valence-corrected chi connectivity index (χ4v) is 2.70. The first-order chi connectivity index (χ1) is 14.0. The van der Waals surface area contributed by atoms with Gasteiger partial charge in [-0.05, 0) is 54.1 Å². The SMILES string of the molecule is N#C/C(=C/c1ccccc1OCC(=O)Nc1ccc(F)cc1)c1ccc(Cl)cc1. The molecule has 0 fully saturated rings. The van der Waals surface area contributed by atoms with Crippen molar-refractivity contribution in [3.8, 4) is 11.8 Å². The number of anilines is 1. The number of nitriles is 1. The number of hydrogen-bond acceptors (Lipinski definition) is 3. The molecule has 0 unspecified atom stereocenters. The molecule has 0 aliphatic heterocycles. The van der Waals surface area contributed by atoms with Crippen LogP contribution in [0.5, 0.6) is 5.75 Å². The van der Waals surface area contributed by atoms with Crippen molar-refractivity contribution in [3.63, 3.8) is 0 Å². The van der Waals surface area contributed by atoms with E-state index in [1.165, 1.54) is 24.3 Å². The Balaban J connectivity index is 1.73. The highest BCUT2D eigenvalue weighted by Crippen LogP contribution is 2.25. The Morgan fingerprint density at radius 2 is 1.76 bits per heavy atom. The van der Waals surface area contributed by atoms with Crippen molar-refractivity contribution in [2.75, 3.05) is 11.9 Å². The van der Waals surface area contributed by atoms with E-state index in [-0.39, 0.29) is 18.3 Å². The molecule has 1 amide bonds. The Labute approximate surface area is 172 Å². The summed E-state index contributed by atoms with van der Waals surface area (Å²) in [4.78, 5) is 12.1. The van der Waals surface area contributed by atoms with Gasteiger partial charge >= 0.3 is 0 Å². The molecule has 144 valence electrons. The summed E-state index contributed by atoms with van der Waals surface area (Å²) in [6, 6.07) is 21.7. The lowest BCUT2D eigenvalue weighted by Gasteiger charge is -2.10. The number of hydrogen-bond donors (Lipinski definition) is 1. The van der Waals surface area contributed by atoms with Crippen molar-refractivity contribution in [1.82, 2.24) is 0 Å². The van der Waals surface area contributed by atoms with Crippen LogP contribution < -0.4 is 10.1 Å². The third-order valence-corrected chi connectivity index (χ3v) is 4.23. The number of halogens is 2. The fraction of sp³-hybridized carbons (Fsp3) is 0.0435. The molecule has 0 aliphatic rings. The molecule has 0 aromatic heterocycles. The van der Waals surface area contributed by atoms with Crippen LogP contribution in [0, 0.1) is 17.1 Å². The van der Waals surface area contributed by atoms with Crippen LogP contribution in [0.15, 0.2) is 72.8 Å². The summed E-state index contributed by atoms with van der Waals surface area (Å²) in [7, 11) is 0. The van der Waals surface area contributed by atoms with E-state index in [4.69, 9.17) is 16.3 Å². The monoisotopic (exact) mass is 406 g/mol. The van der Waals surface area contributed by atoms with Crippen molar-refractivity contribution >= 4 is 34.8 Å². The number of carbonyl (C=O) groups is 1. The lowest BCUT2D eigenvalue weighted by Crippen LogP contribution is -2.20. The molecule has 0 spiro atoms. The topological polar surface area (TPSA) is 62.1 Å². The second kappa shape index (κ2) is 9.54. The summed E-state index contributed by atoms with van der Waals surface area (Å²) in [5.74, 6) is -0.300. The molecule has 3 aromatic carbocycles. The van der Waals surface area contributed by atoms with Crippen LogP contribution in [0.3, 0.4) is 0 Å². The summed E-state index contributed by atoms with van der Waals surface area (Å²) < 4.78 is 18.6. The minimum Gasteiger partial charge on any atom is -0.483 e. The second-order valence-electron chi connectivity index (χ2n) is 6.06. The van der Waals surface area contributed by atoms with Crippen LogP contribution in [-0.4, -0.2) is 12.5 Å². The number of amides is 1. The van der Waals surface area contributed by atoms with Crippen LogP contribution in [0.25, 0.3) is 11.6 Å². The van der Waals surface area contributed by atoms with Gasteiger partial charge in [-0.25, -0.2) is 4.39 Å². The molecule has 0 radical (unpaired) electrons. The fourth-order valence-electron chi connectivity index (χ4n) is 2.57. The third kappa shape index (κ3) is 5.68. The smallest absolute Gasteiger partial charge is 0.262 e. The maximum Gasteiger partial charge on any atom is 0.262 e. The number of rotatable bonds is 6. The predicted octanol–water partition coefficient (Wildman–Crippen LogP) is 5.56. The van der Waals surface area contributed by atoms with Crippen molar-refractivity contribution in [2.24, 2.45) is 0 Å². The van der Waals surface area contributed by atoms with Gasteiger partial charge in [0, 0.05) is 16.3 Å². The molecule has 1 N–H and O–H groups in total. The molecular weight excluding hydrogens is 391 g/mol. The highest BCUT2D eigenvalue weighted by atomic mass is 35.5. The van der Waals surface area contributed by atoms with E-state index < -0.39 is 0 Å². The molecule has 0 aliphatic carbocycles. The second-order valence-corrected chi connectivity index (χ2v) is 6.49. The number of carbonyl (C=O) groups excluding carboxylic acids is 1. The average Bonchev–Trinajstić information content (AvgIpc) is 2.73. The van der Waals surface area contributed by atoms with E-state index in [9.17, 15) is 14.4 Å². The lowest BCUT2D eigenvalue weighted by molar-refractivity contribution is -0.118. The highest BCUT2D eigenvalue weighted by Gasteiger charge is 2.08. The molecule has 0 bridgehead atoms. The van der Waals surface area contributed by atoms with Gasteiger partial charge in [0.2, 0.25) is 0 Å². The van der Waals surface area contributed by atoms with Gasteiger partial charge < -0.3 is 10.1 Å². The Kier molecular flexibility index (Phi) is 6.62. The van der Waals surface area contributed by atoms with Crippen LogP contribution >= 0.6 is 11.6 Å². The van der Waals surface area contributed by atoms with Gasteiger partial charge in [0.1, 0.15) is 11.6 Å². The zero-order valence-electron chi connectivity index (χ0n) is 15.2. The normalized spacial score (nSPS) is 10.9. The van der Waals surface area contributed by atoms with E-state index >= 15 is 0 Å². The van der Waals surface area contributed by atoms with E-state index in [1.807, 2.05) is 6.07 Å². The molecule has 3 aromatic rings. The Bertz CT molecular complexity index is 1070. The van der Waals surface area contributed by atoms with Gasteiger partial charge in [0.05, 0.1) is 11.6 Å². The number of nitrogens with one attached hydrogen (secondary N) is 1. The number of para-hydroxylation sites is 1. The number of benzene rings is 3. The molecule has 0 saturated carbocycles. The largest absolute Gasteiger partial charge is 0.483 e. The first-order valence-corrected chi connectivity index (χ1v) is 9.08. The average molecular weight is 407 g/mol. The van der Waals surface area contributed by atoms with Crippen LogP contribution in [0.4, 0.5) is 10.1 Å². The van der Waals surface area contributed by atoms with Crippen molar-refractivity contribution < 1.29 is 13.9 Å². The zero-order chi connectivity index (χ0) is 20.6. The summed E-state index contributed by atoms with van der Waals surface area (Å²) in [5, 5.41) is 12.7. The van der Waals surface area contributed by atoms with E-state index in [2.05, 4.69) is 11.4 Å². The van der Waals surface area contributed by atoms with Gasteiger partial charge in [-0.1, -0.05) is 41.9 Å². The van der Waals surface area contributed by atoms with Gasteiger partial charge in [0.15, 0.2) is 6.61 Å². The first-order valence-electron chi connectivity index (χ1n) is 8.70. The quantitative estimate of drug-likeness (QED) is 0.430. The lowest BCUT2D eigenvalue weighted by atomic mass is 10.0. The van der Waals surface area contributed by atoms with Gasteiger partial charge in [-0.3, -0.25) is 4.79 Å². The molecule has 0 atom stereocenters. The maximum absolute atomic E-state index is 12.9. The standard InChI is InChI=1S/C23H16ClFN2O2/c24-19-7-5-16(6-8-19)18(14-26)13-17-3-1-2-4-22(17)29-15-23(28)27-21-11-9-20(25)10-12-21/h1-13H,15H2,(H,27,28)/b18-13-. The van der Waals surface area contributed by atoms with Gasteiger partial charge in [-0.15, -0.1) is 0 Å². The zero-order valence-corrected chi connectivity index (χ0v) is 16.0. The molecule has 0 heterocycles. The van der Waals surface area contributed by atoms with Crippen molar-refractivity contribution in [1.29, 1.82) is 5.26 Å². The first kappa shape index (κ1) is 20.1. The van der Waals surface area contributed by atoms with Crippen molar-refractivity contribution in [3.05, 3.63) is 94.8 Å². The van der Waals surface area contributed by atoms with Gasteiger partial charge in [-0.2, -0.15) is 5.26 Å².